The fraction of sp³-hybridized carbons (Fsp3) is 0.333. The van der Waals surface area contributed by atoms with Crippen LogP contribution in [0.5, 0.6) is 0 Å². The lowest BCUT2D eigenvalue weighted by atomic mass is 9.93. The number of carbonyl (C=O) groups is 5. The SMILES string of the molecule is CNC(=O)C(=O)[C@H](C[C@@H]1C[C@@H](C)NC1=O)NC(=O)c1cc(Cl)cc(Cl)c1NC(=O)c1ccnc(C(F)(F)F)c1. The van der Waals surface area contributed by atoms with E-state index in [0.717, 1.165) is 18.3 Å². The number of alkyl halides is 3. The summed E-state index contributed by atoms with van der Waals surface area (Å²) >= 11 is 12.2. The van der Waals surface area contributed by atoms with Crippen LogP contribution in [-0.2, 0) is 20.6 Å². The number of Topliss-reactive ketones (excluding diaryl/α,β-unsaturated/α-hetero) is 1. The first-order valence-corrected chi connectivity index (χ1v) is 12.2. The fourth-order valence-electron chi connectivity index (χ4n) is 3.98. The van der Waals surface area contributed by atoms with E-state index in [1.165, 1.54) is 13.1 Å². The van der Waals surface area contributed by atoms with Crippen LogP contribution in [0.3, 0.4) is 0 Å². The van der Waals surface area contributed by atoms with Crippen molar-refractivity contribution in [2.75, 3.05) is 12.4 Å². The molecule has 1 saturated heterocycles. The summed E-state index contributed by atoms with van der Waals surface area (Å²) in [6.45, 7) is 1.76. The average Bonchev–Trinajstić information content (AvgIpc) is 3.19. The molecule has 0 spiro atoms. The van der Waals surface area contributed by atoms with Gasteiger partial charge in [0.2, 0.25) is 11.7 Å². The maximum absolute atomic E-state index is 13.3. The number of hydrogen-bond donors (Lipinski definition) is 4. The zero-order valence-corrected chi connectivity index (χ0v) is 21.9. The van der Waals surface area contributed by atoms with Crippen LogP contribution in [0.1, 0.15) is 46.2 Å². The van der Waals surface area contributed by atoms with Gasteiger partial charge in [-0.25, -0.2) is 0 Å². The van der Waals surface area contributed by atoms with Crippen molar-refractivity contribution in [2.24, 2.45) is 5.92 Å². The molecule has 3 atom stereocenters. The maximum Gasteiger partial charge on any atom is 0.433 e. The van der Waals surface area contributed by atoms with Gasteiger partial charge in [-0.3, -0.25) is 29.0 Å². The standard InChI is InChI=1S/C24H22Cl2F3N5O5/c1-10-5-12(21(37)32-10)6-16(19(35)23(39)30-2)33-22(38)14-8-13(25)9-15(26)18(14)34-20(36)11-3-4-31-17(7-11)24(27,28)29/h3-4,7-10,12,16H,5-6H2,1-2H3,(H,30,39)(H,32,37)(H,33,38)(H,34,36)/t10-,12+,16+/m1/s1. The molecule has 1 fully saturated rings. The highest BCUT2D eigenvalue weighted by Gasteiger charge is 2.37. The first-order chi connectivity index (χ1) is 18.2. The molecule has 0 saturated carbocycles. The third kappa shape index (κ3) is 7.24. The molecular weight excluding hydrogens is 566 g/mol. The van der Waals surface area contributed by atoms with Crippen molar-refractivity contribution in [1.29, 1.82) is 0 Å². The lowest BCUT2D eigenvalue weighted by Crippen LogP contribution is -2.48. The predicted octanol–water partition coefficient (Wildman–Crippen LogP) is 2.99. The van der Waals surface area contributed by atoms with Crippen molar-refractivity contribution < 1.29 is 37.1 Å². The van der Waals surface area contributed by atoms with Gasteiger partial charge in [-0.05, 0) is 44.0 Å². The monoisotopic (exact) mass is 587 g/mol. The van der Waals surface area contributed by atoms with E-state index in [4.69, 9.17) is 23.2 Å². The minimum absolute atomic E-state index is 0.0374. The lowest BCUT2D eigenvalue weighted by molar-refractivity contribution is -0.141. The zero-order chi connectivity index (χ0) is 29.1. The topological polar surface area (TPSA) is 146 Å². The van der Waals surface area contributed by atoms with E-state index in [1.54, 1.807) is 6.92 Å². The Balaban J connectivity index is 1.92. The van der Waals surface area contributed by atoms with Gasteiger partial charge in [0.15, 0.2) is 0 Å². The summed E-state index contributed by atoms with van der Waals surface area (Å²) in [5.41, 5.74) is -2.39. The van der Waals surface area contributed by atoms with Crippen LogP contribution < -0.4 is 21.3 Å². The van der Waals surface area contributed by atoms with Gasteiger partial charge in [0, 0.05) is 35.8 Å². The summed E-state index contributed by atoms with van der Waals surface area (Å²) in [6, 6.07) is 2.23. The second-order valence-corrected chi connectivity index (χ2v) is 9.58. The van der Waals surface area contributed by atoms with Gasteiger partial charge in [0.05, 0.1) is 22.3 Å². The quantitative estimate of drug-likeness (QED) is 0.349. The first-order valence-electron chi connectivity index (χ1n) is 11.4. The number of nitrogens with one attached hydrogen (secondary N) is 4. The molecular formula is C24H22Cl2F3N5O5. The van der Waals surface area contributed by atoms with Crippen LogP contribution in [0.4, 0.5) is 18.9 Å². The average molecular weight is 588 g/mol. The molecule has 2 aromatic rings. The van der Waals surface area contributed by atoms with Crippen molar-refractivity contribution in [3.63, 3.8) is 0 Å². The molecule has 208 valence electrons. The van der Waals surface area contributed by atoms with Gasteiger partial charge in [0.1, 0.15) is 5.69 Å². The fourth-order valence-corrected chi connectivity index (χ4v) is 4.52. The third-order valence-electron chi connectivity index (χ3n) is 5.84. The van der Waals surface area contributed by atoms with Crippen LogP contribution in [0, 0.1) is 5.92 Å². The highest BCUT2D eigenvalue weighted by Crippen LogP contribution is 2.32. The normalized spacial score (nSPS) is 17.7. The number of aromatic nitrogens is 1. The highest BCUT2D eigenvalue weighted by molar-refractivity contribution is 6.39. The van der Waals surface area contributed by atoms with Gasteiger partial charge in [-0.1, -0.05) is 23.2 Å². The number of amides is 4. The van der Waals surface area contributed by atoms with Gasteiger partial charge >= 0.3 is 6.18 Å². The molecule has 1 aromatic carbocycles. The summed E-state index contributed by atoms with van der Waals surface area (Å²) in [6.07, 6.45) is -3.84. The first kappa shape index (κ1) is 29.8. The van der Waals surface area contributed by atoms with Crippen molar-refractivity contribution in [2.45, 2.75) is 38.0 Å². The minimum Gasteiger partial charge on any atom is -0.353 e. The number of anilines is 1. The highest BCUT2D eigenvalue weighted by atomic mass is 35.5. The maximum atomic E-state index is 13.3. The zero-order valence-electron chi connectivity index (χ0n) is 20.4. The number of halogens is 5. The van der Waals surface area contributed by atoms with Gasteiger partial charge in [0.25, 0.3) is 17.7 Å². The summed E-state index contributed by atoms with van der Waals surface area (Å²) in [7, 11) is 1.22. The molecule has 0 radical (unpaired) electrons. The molecule has 39 heavy (non-hydrogen) atoms. The number of benzene rings is 1. The number of pyridine rings is 1. The Morgan fingerprint density at radius 3 is 2.44 bits per heavy atom. The summed E-state index contributed by atoms with van der Waals surface area (Å²) in [4.78, 5) is 66.3. The van der Waals surface area contributed by atoms with Crippen molar-refractivity contribution in [3.05, 3.63) is 57.3 Å². The van der Waals surface area contributed by atoms with E-state index in [0.29, 0.717) is 12.5 Å². The Labute approximate surface area is 230 Å². The minimum atomic E-state index is -4.81. The van der Waals surface area contributed by atoms with E-state index in [-0.39, 0.29) is 39.7 Å². The lowest BCUT2D eigenvalue weighted by Gasteiger charge is -2.21. The number of nitrogens with zero attached hydrogens (tertiary/aromatic N) is 1. The van der Waals surface area contributed by atoms with E-state index < -0.39 is 52.9 Å². The van der Waals surface area contributed by atoms with E-state index in [2.05, 4.69) is 26.3 Å². The Bertz CT molecular complexity index is 1340. The number of carbonyl (C=O) groups excluding carboxylic acids is 5. The number of hydrogen-bond acceptors (Lipinski definition) is 6. The Kier molecular flexibility index (Phi) is 9.18. The molecule has 2 heterocycles. The van der Waals surface area contributed by atoms with Crippen LogP contribution in [-0.4, -0.2) is 53.5 Å². The number of likely N-dealkylation sites (N-methyl/N-ethyl adjacent to an activating group) is 1. The third-order valence-corrected chi connectivity index (χ3v) is 6.36. The molecule has 0 unspecified atom stereocenters. The van der Waals surface area contributed by atoms with E-state index in [1.807, 2.05) is 0 Å². The molecule has 1 aliphatic rings. The van der Waals surface area contributed by atoms with Crippen molar-refractivity contribution in [1.82, 2.24) is 20.9 Å². The second kappa shape index (κ2) is 12.0. The van der Waals surface area contributed by atoms with Crippen LogP contribution in [0.15, 0.2) is 30.5 Å². The van der Waals surface area contributed by atoms with E-state index >= 15 is 0 Å². The Hall–Kier alpha value is -3.71. The van der Waals surface area contributed by atoms with Crippen molar-refractivity contribution >= 4 is 58.3 Å². The molecule has 15 heteroatoms. The van der Waals surface area contributed by atoms with E-state index in [9.17, 15) is 37.1 Å². The second-order valence-electron chi connectivity index (χ2n) is 8.74. The molecule has 1 aliphatic heterocycles. The number of ketones is 1. The van der Waals surface area contributed by atoms with Gasteiger partial charge in [-0.2, -0.15) is 13.2 Å². The largest absolute Gasteiger partial charge is 0.433 e. The van der Waals surface area contributed by atoms with Crippen LogP contribution in [0.2, 0.25) is 10.0 Å². The molecule has 4 amide bonds. The van der Waals surface area contributed by atoms with Crippen LogP contribution >= 0.6 is 23.2 Å². The number of rotatable bonds is 8. The molecule has 10 nitrogen and oxygen atoms in total. The summed E-state index contributed by atoms with van der Waals surface area (Å²) in [5, 5.41) is 9.27. The predicted molar refractivity (Wildman–Crippen MR) is 134 cm³/mol. The molecule has 3 rings (SSSR count). The van der Waals surface area contributed by atoms with Crippen molar-refractivity contribution in [3.8, 4) is 0 Å². The molecule has 1 aromatic heterocycles. The van der Waals surface area contributed by atoms with Crippen LogP contribution in [0.25, 0.3) is 0 Å². The molecule has 4 N–H and O–H groups in total. The molecule has 0 bridgehead atoms. The Morgan fingerprint density at radius 1 is 1.15 bits per heavy atom. The summed E-state index contributed by atoms with van der Waals surface area (Å²) < 4.78 is 39.1. The van der Waals surface area contributed by atoms with Gasteiger partial charge in [-0.15, -0.1) is 0 Å². The summed E-state index contributed by atoms with van der Waals surface area (Å²) in [5.74, 6) is -5.09. The molecule has 0 aliphatic carbocycles. The smallest absolute Gasteiger partial charge is 0.353 e. The van der Waals surface area contributed by atoms with Gasteiger partial charge < -0.3 is 21.3 Å². The Morgan fingerprint density at radius 2 is 1.85 bits per heavy atom.